The molecule has 0 aromatic carbocycles. The van der Waals surface area contributed by atoms with Crippen LogP contribution in [0.5, 0.6) is 0 Å². The molecule has 6 heteroatoms. The fourth-order valence-corrected chi connectivity index (χ4v) is 0.342. The van der Waals surface area contributed by atoms with Gasteiger partial charge in [-0.2, -0.15) is 4.39 Å². The van der Waals surface area contributed by atoms with Crippen LogP contribution in [0.1, 0.15) is 0 Å². The van der Waals surface area contributed by atoms with Gasteiger partial charge in [-0.1, -0.05) is 0 Å². The molecule has 4 nitrogen and oxygen atoms in total. The maximum Gasteiger partial charge on any atom is 0.364 e. The van der Waals surface area contributed by atoms with Crippen LogP contribution in [0, 0.1) is 0 Å². The van der Waals surface area contributed by atoms with Crippen LogP contribution in [-0.4, -0.2) is 22.2 Å². The van der Waals surface area contributed by atoms with Crippen molar-refractivity contribution in [1.82, 2.24) is 0 Å². The van der Waals surface area contributed by atoms with Crippen molar-refractivity contribution in [3.63, 3.8) is 0 Å². The summed E-state index contributed by atoms with van der Waals surface area (Å²) in [5.41, 5.74) is 0. The van der Waals surface area contributed by atoms with E-state index in [-0.39, 0.29) is 12.2 Å². The molecule has 0 saturated carbocycles. The second kappa shape index (κ2) is 4.22. The SMILES string of the molecule is O=C(O)/C=C(F)\C=C(\F)C(=O)O. The molecular weight excluding hydrogens is 174 g/mol. The van der Waals surface area contributed by atoms with Crippen LogP contribution in [-0.2, 0) is 9.59 Å². The third kappa shape index (κ3) is 4.15. The summed E-state index contributed by atoms with van der Waals surface area (Å²) in [5.74, 6) is -6.81. The molecule has 0 aliphatic carbocycles. The number of carboxylic acids is 2. The van der Waals surface area contributed by atoms with Crippen molar-refractivity contribution >= 4 is 11.9 Å². The number of allylic oxidation sites excluding steroid dienone is 2. The minimum atomic E-state index is -1.95. The molecule has 12 heavy (non-hydrogen) atoms. The van der Waals surface area contributed by atoms with Crippen LogP contribution in [0.2, 0.25) is 0 Å². The summed E-state index contributed by atoms with van der Waals surface area (Å²) in [6.07, 6.45) is 0.0129. The molecule has 2 N–H and O–H groups in total. The van der Waals surface area contributed by atoms with Gasteiger partial charge in [0.2, 0.25) is 5.83 Å². The van der Waals surface area contributed by atoms with E-state index in [0.717, 1.165) is 0 Å². The van der Waals surface area contributed by atoms with E-state index in [1.54, 1.807) is 0 Å². The van der Waals surface area contributed by atoms with E-state index in [2.05, 4.69) is 0 Å². The van der Waals surface area contributed by atoms with E-state index < -0.39 is 23.6 Å². The first-order valence-corrected chi connectivity index (χ1v) is 2.64. The molecule has 0 radical (unpaired) electrons. The lowest BCUT2D eigenvalue weighted by Crippen LogP contribution is -1.95. The van der Waals surface area contributed by atoms with Crippen LogP contribution < -0.4 is 0 Å². The Morgan fingerprint density at radius 1 is 1.08 bits per heavy atom. The molecule has 0 saturated heterocycles. The van der Waals surface area contributed by atoms with Crippen molar-refractivity contribution in [3.8, 4) is 0 Å². The molecule has 0 aromatic heterocycles. The summed E-state index contributed by atoms with van der Waals surface area (Å²) in [5, 5.41) is 15.8. The third-order valence-electron chi connectivity index (χ3n) is 0.730. The highest BCUT2D eigenvalue weighted by atomic mass is 19.1. The Morgan fingerprint density at radius 3 is 1.92 bits per heavy atom. The Hall–Kier alpha value is -1.72. The second-order valence-electron chi connectivity index (χ2n) is 1.66. The van der Waals surface area contributed by atoms with E-state index in [1.165, 1.54) is 0 Å². The van der Waals surface area contributed by atoms with Crippen LogP contribution in [0.25, 0.3) is 0 Å². The average Bonchev–Trinajstić information content (AvgIpc) is 1.84. The average molecular weight is 178 g/mol. The highest BCUT2D eigenvalue weighted by Crippen LogP contribution is 2.05. The minimum absolute atomic E-state index is 0.0313. The minimum Gasteiger partial charge on any atom is -0.478 e. The maximum absolute atomic E-state index is 12.2. The van der Waals surface area contributed by atoms with E-state index in [4.69, 9.17) is 10.2 Å². The number of carbonyl (C=O) groups is 2. The number of aliphatic carboxylic acids is 2. The molecule has 0 aromatic rings. The molecular formula is C6H4F2O4. The standard InChI is InChI=1S/C6H4F2O4/c7-3(2-5(9)10)1-4(8)6(11)12/h1-2H,(H,9,10)(H,11,12)/b3-2+,4-1+. The van der Waals surface area contributed by atoms with E-state index >= 15 is 0 Å². The van der Waals surface area contributed by atoms with Gasteiger partial charge in [-0.25, -0.2) is 14.0 Å². The van der Waals surface area contributed by atoms with E-state index in [0.29, 0.717) is 0 Å². The smallest absolute Gasteiger partial charge is 0.364 e. The zero-order valence-electron chi connectivity index (χ0n) is 5.62. The van der Waals surface area contributed by atoms with Crippen LogP contribution in [0.3, 0.4) is 0 Å². The van der Waals surface area contributed by atoms with Gasteiger partial charge >= 0.3 is 11.9 Å². The summed E-state index contributed by atoms with van der Waals surface area (Å²) in [7, 11) is 0. The summed E-state index contributed by atoms with van der Waals surface area (Å²) in [6.45, 7) is 0. The molecule has 0 unspecified atom stereocenters. The monoisotopic (exact) mass is 178 g/mol. The summed E-state index contributed by atoms with van der Waals surface area (Å²) < 4.78 is 24.2. The van der Waals surface area contributed by atoms with Gasteiger partial charge in [0.15, 0.2) is 0 Å². The van der Waals surface area contributed by atoms with Gasteiger partial charge in [-0.05, 0) is 0 Å². The molecule has 0 aliphatic heterocycles. The first kappa shape index (κ1) is 10.3. The van der Waals surface area contributed by atoms with Crippen molar-refractivity contribution in [2.45, 2.75) is 0 Å². The Balaban J connectivity index is 4.54. The van der Waals surface area contributed by atoms with Crippen molar-refractivity contribution in [2.75, 3.05) is 0 Å². The van der Waals surface area contributed by atoms with Gasteiger partial charge in [-0.15, -0.1) is 0 Å². The number of hydrogen-bond acceptors (Lipinski definition) is 2. The third-order valence-corrected chi connectivity index (χ3v) is 0.730. The lowest BCUT2D eigenvalue weighted by atomic mass is 10.4. The quantitative estimate of drug-likeness (QED) is 0.496. The van der Waals surface area contributed by atoms with Crippen molar-refractivity contribution < 1.29 is 28.6 Å². The van der Waals surface area contributed by atoms with Crippen LogP contribution in [0.4, 0.5) is 8.78 Å². The maximum atomic E-state index is 12.2. The molecule has 0 heterocycles. The van der Waals surface area contributed by atoms with Crippen LogP contribution >= 0.6 is 0 Å². The summed E-state index contributed by atoms with van der Waals surface area (Å²) >= 11 is 0. The first-order chi connectivity index (χ1) is 5.43. The Morgan fingerprint density at radius 2 is 1.58 bits per heavy atom. The molecule has 0 amide bonds. The molecule has 0 bridgehead atoms. The number of hydrogen-bond donors (Lipinski definition) is 2. The highest BCUT2D eigenvalue weighted by Gasteiger charge is 2.06. The molecule has 0 spiro atoms. The fourth-order valence-electron chi connectivity index (χ4n) is 0.342. The predicted octanol–water partition coefficient (Wildman–Crippen LogP) is 0.862. The number of carboxylic acid groups (broad SMARTS) is 2. The summed E-state index contributed by atoms with van der Waals surface area (Å²) in [6, 6.07) is 0. The highest BCUT2D eigenvalue weighted by molar-refractivity contribution is 5.85. The largest absolute Gasteiger partial charge is 0.478 e. The molecule has 0 atom stereocenters. The second-order valence-corrected chi connectivity index (χ2v) is 1.66. The van der Waals surface area contributed by atoms with Crippen molar-refractivity contribution in [1.29, 1.82) is 0 Å². The topological polar surface area (TPSA) is 74.6 Å². The Labute approximate surface area is 65.4 Å². The molecule has 0 rings (SSSR count). The van der Waals surface area contributed by atoms with Crippen molar-refractivity contribution in [3.05, 3.63) is 23.8 Å². The van der Waals surface area contributed by atoms with Gasteiger partial charge in [0.1, 0.15) is 5.83 Å². The Kier molecular flexibility index (Phi) is 3.61. The zero-order chi connectivity index (χ0) is 9.72. The van der Waals surface area contributed by atoms with Gasteiger partial charge in [0.05, 0.1) is 6.08 Å². The lowest BCUT2D eigenvalue weighted by molar-refractivity contribution is -0.134. The Bertz CT molecular complexity index is 267. The number of halogens is 2. The zero-order valence-corrected chi connectivity index (χ0v) is 5.62. The van der Waals surface area contributed by atoms with Gasteiger partial charge in [0, 0.05) is 6.08 Å². The van der Waals surface area contributed by atoms with Gasteiger partial charge in [-0.3, -0.25) is 0 Å². The lowest BCUT2D eigenvalue weighted by Gasteiger charge is -1.86. The van der Waals surface area contributed by atoms with Gasteiger partial charge < -0.3 is 10.2 Å². The van der Waals surface area contributed by atoms with E-state index in [9.17, 15) is 18.4 Å². The predicted molar refractivity (Wildman–Crippen MR) is 33.7 cm³/mol. The molecule has 0 aliphatic rings. The van der Waals surface area contributed by atoms with Crippen molar-refractivity contribution in [2.24, 2.45) is 0 Å². The van der Waals surface area contributed by atoms with Gasteiger partial charge in [0.25, 0.3) is 0 Å². The first-order valence-electron chi connectivity index (χ1n) is 2.64. The summed E-state index contributed by atoms with van der Waals surface area (Å²) in [4.78, 5) is 19.5. The fraction of sp³-hybridized carbons (Fsp3) is 0. The van der Waals surface area contributed by atoms with Crippen LogP contribution in [0.15, 0.2) is 23.8 Å². The van der Waals surface area contributed by atoms with E-state index in [1.807, 2.05) is 0 Å². The number of rotatable bonds is 3. The molecule has 66 valence electrons. The molecule has 0 fully saturated rings. The normalized spacial score (nSPS) is 12.8.